The molecule has 1 aliphatic heterocycles. The van der Waals surface area contributed by atoms with Crippen LogP contribution >= 0.6 is 0 Å². The van der Waals surface area contributed by atoms with Crippen molar-refractivity contribution in [3.8, 4) is 0 Å². The first-order valence-electron chi connectivity index (χ1n) is 3.91. The first-order chi connectivity index (χ1) is 4.38. The lowest BCUT2D eigenvalue weighted by Crippen LogP contribution is -1.99. The van der Waals surface area contributed by atoms with Crippen LogP contribution in [0, 0.1) is 6.92 Å². The van der Waals surface area contributed by atoms with Crippen molar-refractivity contribution < 1.29 is 0 Å². The molecule has 0 amide bonds. The molecule has 2 atom stereocenters. The lowest BCUT2D eigenvalue weighted by Gasteiger charge is -1.96. The summed E-state index contributed by atoms with van der Waals surface area (Å²) in [4.78, 5) is 2.41. The molecule has 0 aliphatic carbocycles. The monoisotopic (exact) mass is 126 g/mol. The van der Waals surface area contributed by atoms with E-state index in [1.165, 1.54) is 25.8 Å². The number of unbranched alkanes of at least 4 members (excludes halogenated alkanes) is 1. The summed E-state index contributed by atoms with van der Waals surface area (Å²) < 4.78 is 0. The van der Waals surface area contributed by atoms with E-state index in [2.05, 4.69) is 18.7 Å². The molecular formula is C8H16N. The van der Waals surface area contributed by atoms with Gasteiger partial charge in [-0.2, -0.15) is 0 Å². The fourth-order valence-electron chi connectivity index (χ4n) is 1.21. The van der Waals surface area contributed by atoms with E-state index in [9.17, 15) is 0 Å². The zero-order valence-electron chi connectivity index (χ0n) is 6.27. The average Bonchev–Trinajstić information content (AvgIpc) is 2.62. The predicted molar refractivity (Wildman–Crippen MR) is 40.2 cm³/mol. The highest BCUT2D eigenvalue weighted by Gasteiger charge is 2.30. The van der Waals surface area contributed by atoms with Gasteiger partial charge in [-0.3, -0.25) is 4.90 Å². The molecule has 0 saturated carbocycles. The van der Waals surface area contributed by atoms with Crippen LogP contribution in [0.1, 0.15) is 26.2 Å². The van der Waals surface area contributed by atoms with Gasteiger partial charge in [0.05, 0.1) is 0 Å². The van der Waals surface area contributed by atoms with Crippen LogP contribution in [0.4, 0.5) is 0 Å². The Morgan fingerprint density at radius 2 is 2.44 bits per heavy atom. The highest BCUT2D eigenvalue weighted by atomic mass is 15.3. The van der Waals surface area contributed by atoms with Crippen molar-refractivity contribution in [1.82, 2.24) is 4.90 Å². The Kier molecular flexibility index (Phi) is 2.52. The standard InChI is InChI=1S/C8H16N/c1-3-5-6-8-7-9(8)4-2/h8H,2-7H2,1H3. The molecule has 0 aromatic rings. The van der Waals surface area contributed by atoms with Crippen LogP contribution in [-0.4, -0.2) is 24.0 Å². The third-order valence-corrected chi connectivity index (χ3v) is 2.01. The zero-order valence-corrected chi connectivity index (χ0v) is 6.27. The molecule has 2 unspecified atom stereocenters. The maximum absolute atomic E-state index is 3.83. The molecule has 0 aromatic carbocycles. The molecule has 1 aliphatic rings. The third kappa shape index (κ3) is 1.98. The number of rotatable bonds is 4. The van der Waals surface area contributed by atoms with Crippen molar-refractivity contribution >= 4 is 0 Å². The minimum atomic E-state index is 0.905. The first kappa shape index (κ1) is 7.07. The summed E-state index contributed by atoms with van der Waals surface area (Å²) in [6.45, 7) is 8.40. The van der Waals surface area contributed by atoms with E-state index in [1.807, 2.05) is 0 Å². The number of hydrogen-bond donors (Lipinski definition) is 0. The molecule has 1 saturated heterocycles. The average molecular weight is 126 g/mol. The van der Waals surface area contributed by atoms with E-state index in [4.69, 9.17) is 0 Å². The molecule has 9 heavy (non-hydrogen) atoms. The number of hydrogen-bond acceptors (Lipinski definition) is 1. The quantitative estimate of drug-likeness (QED) is 0.518. The smallest absolute Gasteiger partial charge is 0.0223 e. The van der Waals surface area contributed by atoms with E-state index in [0.29, 0.717) is 0 Å². The predicted octanol–water partition coefficient (Wildman–Crippen LogP) is 1.69. The van der Waals surface area contributed by atoms with Crippen molar-refractivity contribution in [2.45, 2.75) is 32.2 Å². The molecule has 1 nitrogen and oxygen atoms in total. The third-order valence-electron chi connectivity index (χ3n) is 2.01. The topological polar surface area (TPSA) is 3.01 Å². The normalized spacial score (nSPS) is 32.7. The Hall–Kier alpha value is -0.0400. The minimum Gasteiger partial charge on any atom is -0.298 e. The lowest BCUT2D eigenvalue weighted by molar-refractivity contribution is 0.526. The summed E-state index contributed by atoms with van der Waals surface area (Å²) in [5.74, 6) is 0. The summed E-state index contributed by atoms with van der Waals surface area (Å²) in [6.07, 6.45) is 4.12. The van der Waals surface area contributed by atoms with Gasteiger partial charge < -0.3 is 0 Å². The van der Waals surface area contributed by atoms with Gasteiger partial charge in [-0.15, -0.1) is 0 Å². The van der Waals surface area contributed by atoms with Crippen molar-refractivity contribution in [2.75, 3.05) is 13.1 Å². The second kappa shape index (κ2) is 3.21. The number of nitrogens with zero attached hydrogens (tertiary/aromatic N) is 1. The minimum absolute atomic E-state index is 0.905. The van der Waals surface area contributed by atoms with Gasteiger partial charge in [-0.1, -0.05) is 19.8 Å². The highest BCUT2D eigenvalue weighted by molar-refractivity contribution is 4.88. The van der Waals surface area contributed by atoms with Gasteiger partial charge >= 0.3 is 0 Å². The lowest BCUT2D eigenvalue weighted by atomic mass is 10.2. The van der Waals surface area contributed by atoms with Gasteiger partial charge in [0.1, 0.15) is 0 Å². The second-order valence-electron chi connectivity index (χ2n) is 2.79. The molecular weight excluding hydrogens is 110 g/mol. The summed E-state index contributed by atoms with van der Waals surface area (Å²) >= 11 is 0. The maximum atomic E-state index is 3.83. The molecule has 0 bridgehead atoms. The van der Waals surface area contributed by atoms with Crippen LogP contribution in [0.15, 0.2) is 0 Å². The Labute approximate surface area is 58.0 Å². The van der Waals surface area contributed by atoms with E-state index >= 15 is 0 Å². The van der Waals surface area contributed by atoms with Gasteiger partial charge in [0, 0.05) is 12.6 Å². The highest BCUT2D eigenvalue weighted by Crippen LogP contribution is 2.21. The Morgan fingerprint density at radius 1 is 1.67 bits per heavy atom. The zero-order chi connectivity index (χ0) is 6.69. The van der Waals surface area contributed by atoms with E-state index in [1.54, 1.807) is 0 Å². The molecule has 53 valence electrons. The Morgan fingerprint density at radius 3 is 2.89 bits per heavy atom. The van der Waals surface area contributed by atoms with Crippen LogP contribution in [-0.2, 0) is 0 Å². The van der Waals surface area contributed by atoms with Crippen LogP contribution < -0.4 is 0 Å². The molecule has 1 fully saturated rings. The van der Waals surface area contributed by atoms with E-state index in [0.717, 1.165) is 12.6 Å². The largest absolute Gasteiger partial charge is 0.298 e. The van der Waals surface area contributed by atoms with Gasteiger partial charge in [-0.05, 0) is 19.9 Å². The molecule has 1 heteroatoms. The van der Waals surface area contributed by atoms with Gasteiger partial charge in [0.25, 0.3) is 0 Å². The molecule has 0 spiro atoms. The van der Waals surface area contributed by atoms with Crippen LogP contribution in [0.2, 0.25) is 0 Å². The first-order valence-corrected chi connectivity index (χ1v) is 3.91. The Balaban J connectivity index is 1.92. The summed E-state index contributed by atoms with van der Waals surface area (Å²) in [5, 5.41) is 0. The molecule has 0 N–H and O–H groups in total. The van der Waals surface area contributed by atoms with Crippen LogP contribution in [0.5, 0.6) is 0 Å². The summed E-state index contributed by atoms with van der Waals surface area (Å²) in [6, 6.07) is 0.905. The van der Waals surface area contributed by atoms with Crippen LogP contribution in [0.25, 0.3) is 0 Å². The van der Waals surface area contributed by atoms with Gasteiger partial charge in [-0.25, -0.2) is 0 Å². The van der Waals surface area contributed by atoms with Crippen molar-refractivity contribution in [1.29, 1.82) is 0 Å². The fraction of sp³-hybridized carbons (Fsp3) is 0.875. The van der Waals surface area contributed by atoms with E-state index in [-0.39, 0.29) is 0 Å². The molecule has 1 radical (unpaired) electrons. The second-order valence-corrected chi connectivity index (χ2v) is 2.79. The summed E-state index contributed by atoms with van der Waals surface area (Å²) in [5.41, 5.74) is 0. The van der Waals surface area contributed by atoms with Crippen molar-refractivity contribution in [3.05, 3.63) is 6.92 Å². The maximum Gasteiger partial charge on any atom is 0.0223 e. The van der Waals surface area contributed by atoms with Gasteiger partial charge in [0.2, 0.25) is 0 Å². The SMILES string of the molecule is [CH2]CN1CC1CCCC. The Bertz CT molecular complexity index is 80.6. The van der Waals surface area contributed by atoms with Crippen molar-refractivity contribution in [3.63, 3.8) is 0 Å². The van der Waals surface area contributed by atoms with E-state index < -0.39 is 0 Å². The van der Waals surface area contributed by atoms with Gasteiger partial charge in [0.15, 0.2) is 0 Å². The van der Waals surface area contributed by atoms with Crippen LogP contribution in [0.3, 0.4) is 0 Å². The molecule has 0 aromatic heterocycles. The fourth-order valence-corrected chi connectivity index (χ4v) is 1.21. The van der Waals surface area contributed by atoms with Crippen molar-refractivity contribution in [2.24, 2.45) is 0 Å². The molecule has 1 rings (SSSR count). The molecule has 1 heterocycles. The summed E-state index contributed by atoms with van der Waals surface area (Å²) in [7, 11) is 0.